The minimum absolute atomic E-state index is 0.0303. The predicted octanol–water partition coefficient (Wildman–Crippen LogP) is 4.97. The van der Waals surface area contributed by atoms with E-state index in [1.165, 1.54) is 19.3 Å². The molecule has 0 saturated heterocycles. The van der Waals surface area contributed by atoms with Gasteiger partial charge < -0.3 is 25.2 Å². The highest BCUT2D eigenvalue weighted by Crippen LogP contribution is 2.38. The quantitative estimate of drug-likeness (QED) is 0.309. The third-order valence-electron chi connectivity index (χ3n) is 6.99. The first-order valence-corrected chi connectivity index (χ1v) is 13.1. The minimum Gasteiger partial charge on any atom is -0.497 e. The fraction of sp³-hybridized carbons (Fsp3) is 0.414. The van der Waals surface area contributed by atoms with Crippen molar-refractivity contribution in [1.29, 1.82) is 0 Å². The van der Waals surface area contributed by atoms with E-state index in [9.17, 15) is 9.59 Å². The molecule has 1 fully saturated rings. The van der Waals surface area contributed by atoms with Gasteiger partial charge in [-0.15, -0.1) is 0 Å². The molecule has 4 rings (SSSR count). The van der Waals surface area contributed by atoms with E-state index in [0.717, 1.165) is 41.2 Å². The minimum atomic E-state index is -0.943. The summed E-state index contributed by atoms with van der Waals surface area (Å²) >= 11 is 0. The molecular weight excluding hydrogens is 484 g/mol. The number of aliphatic carboxylic acids is 1. The number of nitrogens with zero attached hydrogens (tertiary/aromatic N) is 2. The summed E-state index contributed by atoms with van der Waals surface area (Å²) in [6, 6.07) is 15.1. The smallest absolute Gasteiger partial charge is 0.305 e. The number of rotatable bonds is 12. The van der Waals surface area contributed by atoms with Gasteiger partial charge >= 0.3 is 5.97 Å². The van der Waals surface area contributed by atoms with Crippen LogP contribution in [0.4, 0.5) is 5.69 Å². The fourth-order valence-electron chi connectivity index (χ4n) is 5.00. The average molecular weight is 521 g/mol. The van der Waals surface area contributed by atoms with Crippen molar-refractivity contribution >= 4 is 17.6 Å². The summed E-state index contributed by atoms with van der Waals surface area (Å²) in [6.07, 6.45) is 7.89. The maximum atomic E-state index is 12.4. The Hall–Kier alpha value is -3.85. The maximum absolute atomic E-state index is 12.4. The second kappa shape index (κ2) is 13.1. The van der Waals surface area contributed by atoms with Gasteiger partial charge in [0.1, 0.15) is 5.75 Å². The molecule has 9 nitrogen and oxygen atoms in total. The summed E-state index contributed by atoms with van der Waals surface area (Å²) in [5.41, 5.74) is 4.33. The van der Waals surface area contributed by atoms with Crippen LogP contribution in [-0.2, 0) is 16.1 Å². The number of methoxy groups -OCH3 is 2. The Kier molecular flexibility index (Phi) is 9.37. The van der Waals surface area contributed by atoms with Crippen molar-refractivity contribution in [3.63, 3.8) is 0 Å². The zero-order valence-electron chi connectivity index (χ0n) is 22.0. The Morgan fingerprint density at radius 3 is 2.39 bits per heavy atom. The van der Waals surface area contributed by atoms with Gasteiger partial charge in [0, 0.05) is 36.7 Å². The van der Waals surface area contributed by atoms with Crippen LogP contribution in [0.2, 0.25) is 0 Å². The van der Waals surface area contributed by atoms with Crippen molar-refractivity contribution in [3.05, 3.63) is 71.5 Å². The molecule has 1 atom stereocenters. The predicted molar refractivity (Wildman–Crippen MR) is 145 cm³/mol. The number of nitrogens with one attached hydrogen (secondary N) is 2. The molecule has 1 unspecified atom stereocenters. The molecule has 3 aromatic rings. The number of benzene rings is 2. The molecule has 1 saturated carbocycles. The number of carbonyl (C=O) groups excluding carboxylic acids is 1. The Labute approximate surface area is 223 Å². The number of amides is 1. The number of hydrogen-bond acceptors (Lipinski definition) is 6. The van der Waals surface area contributed by atoms with E-state index in [2.05, 4.69) is 16.8 Å². The molecule has 2 aromatic carbocycles. The van der Waals surface area contributed by atoms with Gasteiger partial charge in [0.2, 0.25) is 0 Å². The van der Waals surface area contributed by atoms with Gasteiger partial charge in [0.15, 0.2) is 0 Å². The topological polar surface area (TPSA) is 115 Å². The second-order valence-corrected chi connectivity index (χ2v) is 9.60. The van der Waals surface area contributed by atoms with E-state index >= 15 is 0 Å². The van der Waals surface area contributed by atoms with Crippen molar-refractivity contribution in [2.45, 2.75) is 51.2 Å². The van der Waals surface area contributed by atoms with E-state index in [1.54, 1.807) is 26.4 Å². The Morgan fingerprint density at radius 2 is 1.76 bits per heavy atom. The summed E-state index contributed by atoms with van der Waals surface area (Å²) in [5.74, 6) is -0.00240. The lowest BCUT2D eigenvalue weighted by Crippen LogP contribution is -2.26. The van der Waals surface area contributed by atoms with Gasteiger partial charge in [-0.1, -0.05) is 19.3 Å². The summed E-state index contributed by atoms with van der Waals surface area (Å²) in [4.78, 5) is 23.1. The third kappa shape index (κ3) is 6.92. The lowest BCUT2D eigenvalue weighted by molar-refractivity contribution is -0.136. The zero-order chi connectivity index (χ0) is 26.9. The van der Waals surface area contributed by atoms with E-state index in [0.29, 0.717) is 18.1 Å². The van der Waals surface area contributed by atoms with Crippen molar-refractivity contribution < 1.29 is 24.2 Å². The lowest BCUT2D eigenvalue weighted by atomic mass is 9.81. The van der Waals surface area contributed by atoms with Crippen LogP contribution in [0.5, 0.6) is 5.75 Å². The SMILES string of the molecule is COCc1nn(-c2ccc(OC)cc2)cc1C(Nc1ccc(C(=O)NCCC(=O)O)cc1)C1CCCCC1. The van der Waals surface area contributed by atoms with Crippen LogP contribution in [0.1, 0.15) is 66.2 Å². The lowest BCUT2D eigenvalue weighted by Gasteiger charge is -2.32. The molecule has 1 aliphatic rings. The van der Waals surface area contributed by atoms with E-state index < -0.39 is 5.97 Å². The summed E-state index contributed by atoms with van der Waals surface area (Å²) in [7, 11) is 3.33. The van der Waals surface area contributed by atoms with E-state index in [1.807, 2.05) is 41.1 Å². The van der Waals surface area contributed by atoms with Crippen LogP contribution in [0, 0.1) is 5.92 Å². The molecule has 1 heterocycles. The van der Waals surface area contributed by atoms with Crippen molar-refractivity contribution in [3.8, 4) is 11.4 Å². The standard InChI is InChI=1S/C29H36N4O5/c1-37-19-26-25(18-33(32-26)23-12-14-24(38-2)15-13-23)28(20-6-4-3-5-7-20)31-22-10-8-21(9-11-22)29(36)30-17-16-27(34)35/h8-15,18,20,28,31H,3-7,16-17,19H2,1-2H3,(H,30,36)(H,34,35). The Bertz CT molecular complexity index is 1200. The summed E-state index contributed by atoms with van der Waals surface area (Å²) in [6.45, 7) is 0.497. The average Bonchev–Trinajstić information content (AvgIpc) is 3.36. The molecule has 38 heavy (non-hydrogen) atoms. The highest BCUT2D eigenvalue weighted by molar-refractivity contribution is 5.94. The molecule has 9 heteroatoms. The molecule has 1 aromatic heterocycles. The van der Waals surface area contributed by atoms with Crippen LogP contribution in [0.15, 0.2) is 54.7 Å². The van der Waals surface area contributed by atoms with Gasteiger partial charge in [-0.25, -0.2) is 4.68 Å². The van der Waals surface area contributed by atoms with Gasteiger partial charge in [0.25, 0.3) is 5.91 Å². The summed E-state index contributed by atoms with van der Waals surface area (Å²) < 4.78 is 12.7. The van der Waals surface area contributed by atoms with Crippen LogP contribution >= 0.6 is 0 Å². The molecule has 0 radical (unpaired) electrons. The van der Waals surface area contributed by atoms with Gasteiger partial charge in [0.05, 0.1) is 37.6 Å². The molecule has 1 amide bonds. The number of carboxylic acid groups (broad SMARTS) is 1. The Balaban J connectivity index is 1.59. The van der Waals surface area contributed by atoms with Crippen molar-refractivity contribution in [2.75, 3.05) is 26.1 Å². The van der Waals surface area contributed by atoms with Crippen LogP contribution in [0.3, 0.4) is 0 Å². The van der Waals surface area contributed by atoms with E-state index in [4.69, 9.17) is 19.7 Å². The summed E-state index contributed by atoms with van der Waals surface area (Å²) in [5, 5.41) is 20.0. The normalized spacial score (nSPS) is 14.6. The molecule has 3 N–H and O–H groups in total. The molecule has 202 valence electrons. The van der Waals surface area contributed by atoms with Crippen molar-refractivity contribution in [2.24, 2.45) is 5.92 Å². The Morgan fingerprint density at radius 1 is 1.05 bits per heavy atom. The van der Waals surface area contributed by atoms with Gasteiger partial charge in [-0.2, -0.15) is 5.10 Å². The second-order valence-electron chi connectivity index (χ2n) is 9.60. The first-order chi connectivity index (χ1) is 18.5. The maximum Gasteiger partial charge on any atom is 0.305 e. The van der Waals surface area contributed by atoms with Gasteiger partial charge in [-0.05, 0) is 67.3 Å². The number of anilines is 1. The van der Waals surface area contributed by atoms with E-state index in [-0.39, 0.29) is 24.9 Å². The van der Waals surface area contributed by atoms with Crippen molar-refractivity contribution in [1.82, 2.24) is 15.1 Å². The number of hydrogen-bond donors (Lipinski definition) is 3. The first kappa shape index (κ1) is 27.2. The number of carboxylic acids is 1. The first-order valence-electron chi connectivity index (χ1n) is 13.1. The fourth-order valence-corrected chi connectivity index (χ4v) is 5.00. The molecule has 1 aliphatic carbocycles. The largest absolute Gasteiger partial charge is 0.497 e. The highest BCUT2D eigenvalue weighted by atomic mass is 16.5. The monoisotopic (exact) mass is 520 g/mol. The highest BCUT2D eigenvalue weighted by Gasteiger charge is 2.29. The molecule has 0 aliphatic heterocycles. The number of ether oxygens (including phenoxy) is 2. The molecule has 0 bridgehead atoms. The third-order valence-corrected chi connectivity index (χ3v) is 6.99. The van der Waals surface area contributed by atoms with Crippen LogP contribution < -0.4 is 15.4 Å². The van der Waals surface area contributed by atoms with Crippen LogP contribution in [0.25, 0.3) is 5.69 Å². The zero-order valence-corrected chi connectivity index (χ0v) is 22.0. The molecule has 0 spiro atoms. The van der Waals surface area contributed by atoms with Crippen LogP contribution in [-0.4, -0.2) is 47.5 Å². The molecular formula is C29H36N4O5. The van der Waals surface area contributed by atoms with Gasteiger partial charge in [-0.3, -0.25) is 9.59 Å². The number of carbonyl (C=O) groups is 2. The number of aromatic nitrogens is 2.